The highest BCUT2D eigenvalue weighted by Crippen LogP contribution is 2.05. The second-order valence-electron chi connectivity index (χ2n) is 4.43. The van der Waals surface area contributed by atoms with Crippen molar-refractivity contribution in [2.45, 2.75) is 25.3 Å². The van der Waals surface area contributed by atoms with Crippen LogP contribution in [0.5, 0.6) is 0 Å². The number of carbonyl (C=O) groups excluding carboxylic acids is 2. The van der Waals surface area contributed by atoms with Gasteiger partial charge in [-0.15, -0.1) is 0 Å². The maximum atomic E-state index is 11.3. The van der Waals surface area contributed by atoms with Crippen LogP contribution in [0.15, 0.2) is 0 Å². The number of rotatable bonds is 5. The number of hydrogen-bond donors (Lipinski definition) is 3. The molecule has 1 atom stereocenters. The minimum Gasteiger partial charge on any atom is -0.341 e. The van der Waals surface area contributed by atoms with Crippen molar-refractivity contribution in [2.24, 2.45) is 0 Å². The second kappa shape index (κ2) is 7.24. The van der Waals surface area contributed by atoms with E-state index < -0.39 is 6.03 Å². The molecule has 0 aromatic rings. The van der Waals surface area contributed by atoms with E-state index in [1.165, 1.54) is 19.9 Å². The Morgan fingerprint density at radius 1 is 1.47 bits per heavy atom. The van der Waals surface area contributed by atoms with Crippen molar-refractivity contribution < 1.29 is 9.59 Å². The van der Waals surface area contributed by atoms with Crippen molar-refractivity contribution in [3.05, 3.63) is 0 Å². The minimum atomic E-state index is -0.449. The molecule has 1 aliphatic rings. The molecule has 0 aromatic heterocycles. The zero-order chi connectivity index (χ0) is 12.7. The van der Waals surface area contributed by atoms with Crippen LogP contribution >= 0.6 is 0 Å². The molecule has 3 amide bonds. The van der Waals surface area contributed by atoms with Gasteiger partial charge >= 0.3 is 6.03 Å². The first kappa shape index (κ1) is 13.9. The Kier molecular flexibility index (Phi) is 5.93. The molecule has 0 radical (unpaired) electrons. The number of imide groups is 1. The van der Waals surface area contributed by atoms with Gasteiger partial charge in [0.2, 0.25) is 5.91 Å². The van der Waals surface area contributed by atoms with Gasteiger partial charge in [-0.1, -0.05) is 0 Å². The summed E-state index contributed by atoms with van der Waals surface area (Å²) in [5.41, 5.74) is 0. The zero-order valence-electron chi connectivity index (χ0n) is 10.6. The maximum Gasteiger partial charge on any atom is 0.321 e. The van der Waals surface area contributed by atoms with Gasteiger partial charge in [0.1, 0.15) is 0 Å². The van der Waals surface area contributed by atoms with Crippen LogP contribution in [0.1, 0.15) is 19.3 Å². The van der Waals surface area contributed by atoms with Crippen molar-refractivity contribution in [3.63, 3.8) is 0 Å². The Labute approximate surface area is 102 Å². The molecule has 0 saturated carbocycles. The average Bonchev–Trinajstić information content (AvgIpc) is 2.79. The Morgan fingerprint density at radius 3 is 2.82 bits per heavy atom. The first-order valence-electron chi connectivity index (χ1n) is 6.05. The Bertz CT molecular complexity index is 264. The van der Waals surface area contributed by atoms with E-state index in [1.54, 1.807) is 0 Å². The van der Waals surface area contributed by atoms with E-state index in [-0.39, 0.29) is 5.91 Å². The SMILES string of the molecule is CNC(=O)NC(=O)CCN(C)CC1CCCN1. The third-order valence-electron chi connectivity index (χ3n) is 2.90. The van der Waals surface area contributed by atoms with Crippen molar-refractivity contribution in [3.8, 4) is 0 Å². The van der Waals surface area contributed by atoms with E-state index in [4.69, 9.17) is 0 Å². The molecule has 17 heavy (non-hydrogen) atoms. The van der Waals surface area contributed by atoms with Crippen LogP contribution in [0, 0.1) is 0 Å². The van der Waals surface area contributed by atoms with Crippen LogP contribution in [-0.4, -0.2) is 56.6 Å². The third-order valence-corrected chi connectivity index (χ3v) is 2.90. The largest absolute Gasteiger partial charge is 0.341 e. The third kappa shape index (κ3) is 5.65. The lowest BCUT2D eigenvalue weighted by atomic mass is 10.2. The Balaban J connectivity index is 2.11. The van der Waals surface area contributed by atoms with Gasteiger partial charge < -0.3 is 15.5 Å². The molecular weight excluding hydrogens is 220 g/mol. The summed E-state index contributed by atoms with van der Waals surface area (Å²) < 4.78 is 0. The maximum absolute atomic E-state index is 11.3. The number of hydrogen-bond acceptors (Lipinski definition) is 4. The lowest BCUT2D eigenvalue weighted by Crippen LogP contribution is -2.40. The number of likely N-dealkylation sites (N-methyl/N-ethyl adjacent to an activating group) is 1. The fraction of sp³-hybridized carbons (Fsp3) is 0.818. The van der Waals surface area contributed by atoms with Crippen LogP contribution < -0.4 is 16.0 Å². The lowest BCUT2D eigenvalue weighted by Gasteiger charge is -2.20. The highest BCUT2D eigenvalue weighted by atomic mass is 16.2. The first-order valence-corrected chi connectivity index (χ1v) is 6.05. The van der Waals surface area contributed by atoms with Crippen molar-refractivity contribution >= 4 is 11.9 Å². The molecule has 0 aromatic carbocycles. The number of nitrogens with zero attached hydrogens (tertiary/aromatic N) is 1. The van der Waals surface area contributed by atoms with Gasteiger partial charge in [0, 0.05) is 32.6 Å². The summed E-state index contributed by atoms with van der Waals surface area (Å²) in [5.74, 6) is -0.240. The summed E-state index contributed by atoms with van der Waals surface area (Å²) in [5, 5.41) is 8.01. The van der Waals surface area contributed by atoms with E-state index in [9.17, 15) is 9.59 Å². The average molecular weight is 242 g/mol. The van der Waals surface area contributed by atoms with Crippen LogP contribution in [0.4, 0.5) is 4.79 Å². The number of amides is 3. The van der Waals surface area contributed by atoms with Gasteiger partial charge in [-0.05, 0) is 26.4 Å². The number of urea groups is 1. The molecule has 1 aliphatic heterocycles. The van der Waals surface area contributed by atoms with Crippen molar-refractivity contribution in [1.29, 1.82) is 0 Å². The monoisotopic (exact) mass is 242 g/mol. The highest BCUT2D eigenvalue weighted by molar-refractivity contribution is 5.94. The van der Waals surface area contributed by atoms with Crippen LogP contribution in [-0.2, 0) is 4.79 Å². The lowest BCUT2D eigenvalue weighted by molar-refractivity contribution is -0.120. The van der Waals surface area contributed by atoms with E-state index in [0.717, 1.165) is 13.1 Å². The molecule has 98 valence electrons. The number of nitrogens with one attached hydrogen (secondary N) is 3. The molecule has 6 nitrogen and oxygen atoms in total. The standard InChI is InChI=1S/C11H22N4O2/c1-12-11(17)14-10(16)5-7-15(2)8-9-4-3-6-13-9/h9,13H,3-8H2,1-2H3,(H2,12,14,16,17). The van der Waals surface area contributed by atoms with Gasteiger partial charge in [-0.3, -0.25) is 10.1 Å². The first-order chi connectivity index (χ1) is 8.11. The smallest absolute Gasteiger partial charge is 0.321 e. The predicted octanol–water partition coefficient (Wildman–Crippen LogP) is -0.484. The summed E-state index contributed by atoms with van der Waals surface area (Å²) in [6, 6.07) is 0.0946. The van der Waals surface area contributed by atoms with Crippen LogP contribution in [0.25, 0.3) is 0 Å². The van der Waals surface area contributed by atoms with E-state index in [1.807, 2.05) is 7.05 Å². The molecule has 1 heterocycles. The molecule has 0 bridgehead atoms. The van der Waals surface area contributed by atoms with Gasteiger partial charge in [-0.25, -0.2) is 4.79 Å². The fourth-order valence-corrected chi connectivity index (χ4v) is 1.92. The summed E-state index contributed by atoms with van der Waals surface area (Å²) >= 11 is 0. The van der Waals surface area contributed by atoms with Gasteiger partial charge in [0.25, 0.3) is 0 Å². The summed E-state index contributed by atoms with van der Waals surface area (Å²) in [7, 11) is 3.48. The van der Waals surface area contributed by atoms with Crippen molar-refractivity contribution in [2.75, 3.05) is 33.7 Å². The molecule has 1 fully saturated rings. The van der Waals surface area contributed by atoms with Crippen molar-refractivity contribution in [1.82, 2.24) is 20.9 Å². The summed E-state index contributed by atoms with van der Waals surface area (Å²) in [6.07, 6.45) is 2.78. The Hall–Kier alpha value is -1.14. The van der Waals surface area contributed by atoms with Crippen LogP contribution in [0.3, 0.4) is 0 Å². The molecular formula is C11H22N4O2. The molecule has 1 unspecified atom stereocenters. The minimum absolute atomic E-state index is 0.240. The van der Waals surface area contributed by atoms with Gasteiger partial charge in [-0.2, -0.15) is 0 Å². The second-order valence-corrected chi connectivity index (χ2v) is 4.43. The Morgan fingerprint density at radius 2 is 2.24 bits per heavy atom. The number of carbonyl (C=O) groups is 2. The van der Waals surface area contributed by atoms with E-state index >= 15 is 0 Å². The van der Waals surface area contributed by atoms with E-state index in [2.05, 4.69) is 20.9 Å². The summed E-state index contributed by atoms with van der Waals surface area (Å²) in [4.78, 5) is 24.3. The summed E-state index contributed by atoms with van der Waals surface area (Å²) in [6.45, 7) is 2.71. The quantitative estimate of drug-likeness (QED) is 0.608. The van der Waals surface area contributed by atoms with Gasteiger partial charge in [0.15, 0.2) is 0 Å². The molecule has 1 rings (SSSR count). The topological polar surface area (TPSA) is 73.5 Å². The molecule has 6 heteroatoms. The molecule has 3 N–H and O–H groups in total. The normalized spacial score (nSPS) is 19.4. The molecule has 0 aliphatic carbocycles. The highest BCUT2D eigenvalue weighted by Gasteiger charge is 2.16. The predicted molar refractivity (Wildman–Crippen MR) is 65.7 cm³/mol. The van der Waals surface area contributed by atoms with E-state index in [0.29, 0.717) is 19.0 Å². The van der Waals surface area contributed by atoms with Gasteiger partial charge in [0.05, 0.1) is 0 Å². The fourth-order valence-electron chi connectivity index (χ4n) is 1.92. The van der Waals surface area contributed by atoms with Crippen LogP contribution in [0.2, 0.25) is 0 Å². The molecule has 0 spiro atoms. The molecule has 1 saturated heterocycles. The zero-order valence-corrected chi connectivity index (χ0v) is 10.6.